The summed E-state index contributed by atoms with van der Waals surface area (Å²) < 4.78 is 6.02. The molecule has 0 spiro atoms. The van der Waals surface area contributed by atoms with E-state index in [0.29, 0.717) is 0 Å². The second kappa shape index (κ2) is 6.34. The molecule has 2 unspecified atom stereocenters. The monoisotopic (exact) mass is 256 g/mol. The molecule has 0 aliphatic rings. The lowest BCUT2D eigenvalue weighted by molar-refractivity contribution is 0.166. The molecule has 0 fully saturated rings. The minimum atomic E-state index is -0.214. The zero-order chi connectivity index (χ0) is 13.7. The summed E-state index contributed by atoms with van der Waals surface area (Å²) in [5.74, 6) is 0.824. The molecule has 0 saturated heterocycles. The third-order valence-electron chi connectivity index (χ3n) is 3.12. The fourth-order valence-corrected chi connectivity index (χ4v) is 1.89. The zero-order valence-electron chi connectivity index (χ0n) is 11.4. The number of hydrogen-bond acceptors (Lipinski definition) is 3. The number of aryl methyl sites for hydroxylation is 1. The molecule has 2 rings (SSSR count). The average Bonchev–Trinajstić information content (AvgIpc) is 2.47. The Balaban J connectivity index is 2.21. The largest absolute Gasteiger partial charge is 0.482 e. The number of aromatic nitrogens is 1. The summed E-state index contributed by atoms with van der Waals surface area (Å²) in [5, 5.41) is 0. The van der Waals surface area contributed by atoms with Crippen LogP contribution in [0.4, 0.5) is 0 Å². The molecule has 1 aromatic heterocycles. The minimum Gasteiger partial charge on any atom is -0.482 e. The third-order valence-corrected chi connectivity index (χ3v) is 3.12. The molecule has 100 valence electrons. The van der Waals surface area contributed by atoms with Gasteiger partial charge >= 0.3 is 0 Å². The van der Waals surface area contributed by atoms with Crippen molar-refractivity contribution in [2.75, 3.05) is 0 Å². The van der Waals surface area contributed by atoms with Crippen LogP contribution in [0, 0.1) is 6.92 Å². The highest BCUT2D eigenvalue weighted by atomic mass is 16.5. The number of rotatable bonds is 5. The fraction of sp³-hybridized carbons (Fsp3) is 0.312. The first-order valence-corrected chi connectivity index (χ1v) is 6.60. The molecule has 2 aromatic rings. The first kappa shape index (κ1) is 13.6. The van der Waals surface area contributed by atoms with Gasteiger partial charge in [-0.05, 0) is 37.6 Å². The number of nitrogens with two attached hydrogens (primary N) is 1. The highest BCUT2D eigenvalue weighted by Gasteiger charge is 2.21. The van der Waals surface area contributed by atoms with Gasteiger partial charge in [-0.1, -0.05) is 30.7 Å². The van der Waals surface area contributed by atoms with E-state index in [1.165, 1.54) is 5.56 Å². The molecule has 0 amide bonds. The van der Waals surface area contributed by atoms with E-state index in [-0.39, 0.29) is 12.1 Å². The highest BCUT2D eigenvalue weighted by Crippen LogP contribution is 2.24. The van der Waals surface area contributed by atoms with Crippen LogP contribution in [-0.4, -0.2) is 11.0 Å². The summed E-state index contributed by atoms with van der Waals surface area (Å²) in [6.07, 6.45) is 2.39. The van der Waals surface area contributed by atoms with Crippen LogP contribution in [0.15, 0.2) is 48.7 Å². The highest BCUT2D eigenvalue weighted by molar-refractivity contribution is 5.27. The van der Waals surface area contributed by atoms with Crippen molar-refractivity contribution in [1.29, 1.82) is 0 Å². The van der Waals surface area contributed by atoms with Gasteiger partial charge in [-0.15, -0.1) is 0 Å². The van der Waals surface area contributed by atoms with E-state index in [1.54, 1.807) is 6.20 Å². The lowest BCUT2D eigenvalue weighted by Crippen LogP contribution is -2.32. The lowest BCUT2D eigenvalue weighted by atomic mass is 10.1. The quantitative estimate of drug-likeness (QED) is 0.893. The predicted molar refractivity (Wildman–Crippen MR) is 77.1 cm³/mol. The van der Waals surface area contributed by atoms with E-state index in [4.69, 9.17) is 10.5 Å². The van der Waals surface area contributed by atoms with Crippen LogP contribution >= 0.6 is 0 Å². The number of hydrogen-bond donors (Lipinski definition) is 1. The molecule has 2 atom stereocenters. The van der Waals surface area contributed by atoms with Gasteiger partial charge in [0.05, 0.1) is 5.69 Å². The topological polar surface area (TPSA) is 48.1 Å². The smallest absolute Gasteiger partial charge is 0.155 e. The molecule has 1 aromatic carbocycles. The van der Waals surface area contributed by atoms with E-state index in [9.17, 15) is 0 Å². The Morgan fingerprint density at radius 1 is 1.16 bits per heavy atom. The SMILES string of the molecule is CCC(N)C(Oc1ccc(C)cc1)c1ccccn1. The molecule has 19 heavy (non-hydrogen) atoms. The van der Waals surface area contributed by atoms with Crippen molar-refractivity contribution in [3.05, 3.63) is 59.9 Å². The summed E-state index contributed by atoms with van der Waals surface area (Å²) in [4.78, 5) is 4.36. The van der Waals surface area contributed by atoms with Crippen LogP contribution in [0.1, 0.15) is 30.7 Å². The molecule has 0 aliphatic heterocycles. The zero-order valence-corrected chi connectivity index (χ0v) is 11.4. The second-order valence-corrected chi connectivity index (χ2v) is 4.68. The van der Waals surface area contributed by atoms with Gasteiger partial charge in [0, 0.05) is 12.2 Å². The molecule has 3 heteroatoms. The Bertz CT molecular complexity index is 496. The lowest BCUT2D eigenvalue weighted by Gasteiger charge is -2.23. The number of nitrogens with zero attached hydrogens (tertiary/aromatic N) is 1. The first-order chi connectivity index (χ1) is 9.20. The van der Waals surface area contributed by atoms with Crippen LogP contribution in [-0.2, 0) is 0 Å². The average molecular weight is 256 g/mol. The van der Waals surface area contributed by atoms with E-state index in [2.05, 4.69) is 18.8 Å². The Morgan fingerprint density at radius 3 is 2.47 bits per heavy atom. The van der Waals surface area contributed by atoms with Crippen molar-refractivity contribution < 1.29 is 4.74 Å². The van der Waals surface area contributed by atoms with E-state index < -0.39 is 0 Å². The van der Waals surface area contributed by atoms with Crippen molar-refractivity contribution in [2.24, 2.45) is 5.73 Å². The summed E-state index contributed by atoms with van der Waals surface area (Å²) in [5.41, 5.74) is 8.24. The summed E-state index contributed by atoms with van der Waals surface area (Å²) in [6.45, 7) is 4.11. The predicted octanol–water partition coefficient (Wildman–Crippen LogP) is 3.25. The van der Waals surface area contributed by atoms with Gasteiger partial charge in [0.2, 0.25) is 0 Å². The summed E-state index contributed by atoms with van der Waals surface area (Å²) >= 11 is 0. The van der Waals surface area contributed by atoms with E-state index in [0.717, 1.165) is 17.9 Å². The van der Waals surface area contributed by atoms with Crippen molar-refractivity contribution in [1.82, 2.24) is 4.98 Å². The summed E-state index contributed by atoms with van der Waals surface area (Å²) in [6, 6.07) is 13.7. The van der Waals surface area contributed by atoms with Gasteiger partial charge in [-0.2, -0.15) is 0 Å². The molecule has 0 aliphatic carbocycles. The van der Waals surface area contributed by atoms with Crippen LogP contribution in [0.5, 0.6) is 5.75 Å². The molecule has 0 bridgehead atoms. The van der Waals surface area contributed by atoms with Gasteiger partial charge in [-0.3, -0.25) is 4.98 Å². The van der Waals surface area contributed by atoms with Crippen molar-refractivity contribution in [3.63, 3.8) is 0 Å². The standard InChI is InChI=1S/C16H20N2O/c1-3-14(17)16(15-6-4-5-11-18-15)19-13-9-7-12(2)8-10-13/h4-11,14,16H,3,17H2,1-2H3. The van der Waals surface area contributed by atoms with Crippen LogP contribution in [0.25, 0.3) is 0 Å². The van der Waals surface area contributed by atoms with Gasteiger partial charge < -0.3 is 10.5 Å². The first-order valence-electron chi connectivity index (χ1n) is 6.60. The third kappa shape index (κ3) is 3.55. The van der Waals surface area contributed by atoms with Gasteiger partial charge in [-0.25, -0.2) is 0 Å². The normalized spacial score (nSPS) is 13.8. The van der Waals surface area contributed by atoms with Crippen molar-refractivity contribution in [2.45, 2.75) is 32.4 Å². The number of benzene rings is 1. The number of pyridine rings is 1. The molecule has 0 saturated carbocycles. The van der Waals surface area contributed by atoms with Crippen molar-refractivity contribution in [3.8, 4) is 5.75 Å². The molecule has 3 nitrogen and oxygen atoms in total. The van der Waals surface area contributed by atoms with Crippen LogP contribution in [0.2, 0.25) is 0 Å². The fourth-order valence-electron chi connectivity index (χ4n) is 1.89. The van der Waals surface area contributed by atoms with Crippen LogP contribution in [0.3, 0.4) is 0 Å². The Labute approximate surface area is 114 Å². The molecular formula is C16H20N2O. The van der Waals surface area contributed by atoms with E-state index >= 15 is 0 Å². The van der Waals surface area contributed by atoms with Gasteiger partial charge in [0.1, 0.15) is 5.75 Å². The van der Waals surface area contributed by atoms with E-state index in [1.807, 2.05) is 42.5 Å². The Morgan fingerprint density at radius 2 is 1.89 bits per heavy atom. The minimum absolute atomic E-state index is 0.0730. The maximum atomic E-state index is 6.16. The van der Waals surface area contributed by atoms with Crippen LogP contribution < -0.4 is 10.5 Å². The molecule has 0 radical (unpaired) electrons. The van der Waals surface area contributed by atoms with Gasteiger partial charge in [0.25, 0.3) is 0 Å². The number of ether oxygens (including phenoxy) is 1. The van der Waals surface area contributed by atoms with Crippen molar-refractivity contribution >= 4 is 0 Å². The second-order valence-electron chi connectivity index (χ2n) is 4.68. The molecule has 1 heterocycles. The summed E-state index contributed by atoms with van der Waals surface area (Å²) in [7, 11) is 0. The maximum Gasteiger partial charge on any atom is 0.155 e. The van der Waals surface area contributed by atoms with Gasteiger partial charge in [0.15, 0.2) is 6.10 Å². The molecular weight excluding hydrogens is 236 g/mol. The Hall–Kier alpha value is -1.87. The maximum absolute atomic E-state index is 6.16. The Kier molecular flexibility index (Phi) is 4.53. The molecule has 2 N–H and O–H groups in total.